The monoisotopic (exact) mass is 416 g/mol. The van der Waals surface area contributed by atoms with E-state index in [1.165, 1.54) is 0 Å². The molecule has 0 aliphatic heterocycles. The number of hydrogen-bond donors (Lipinski definition) is 0. The van der Waals surface area contributed by atoms with Gasteiger partial charge in [-0.25, -0.2) is 0 Å². The molecule has 3 aromatic rings. The molecule has 0 fully saturated rings. The molecule has 0 unspecified atom stereocenters. The van der Waals surface area contributed by atoms with E-state index in [9.17, 15) is 4.79 Å². The summed E-state index contributed by atoms with van der Waals surface area (Å²) in [6.07, 6.45) is 4.54. The fourth-order valence-corrected chi connectivity index (χ4v) is 4.09. The van der Waals surface area contributed by atoms with Crippen molar-refractivity contribution in [3.8, 4) is 0 Å². The molecule has 2 nitrogen and oxygen atoms in total. The van der Waals surface area contributed by atoms with Crippen LogP contribution in [-0.4, -0.2) is 20.7 Å². The quantitative estimate of drug-likeness (QED) is 0.298. The van der Waals surface area contributed by atoms with E-state index < -0.39 is 8.32 Å². The first kappa shape index (κ1) is 22.2. The number of benzene rings is 3. The highest BCUT2D eigenvalue weighted by Gasteiger charge is 2.36. The molecule has 0 saturated carbocycles. The third-order valence-corrected chi connectivity index (χ3v) is 10.6. The standard InChI is InChI=1S/C27H32O2Si/c1-27(2,3)30(4,5)29-18-10-15-21-11-6-9-14-24(21)20-26(28)25-17-16-22-12-7-8-13-23(22)19-25/h6-17,19H,18,20H2,1-5H3/b15-10+. The van der Waals surface area contributed by atoms with Crippen molar-refractivity contribution in [3.63, 3.8) is 0 Å². The van der Waals surface area contributed by atoms with Gasteiger partial charge in [-0.3, -0.25) is 4.79 Å². The number of carbonyl (C=O) groups is 1. The van der Waals surface area contributed by atoms with Crippen LogP contribution in [0.1, 0.15) is 42.3 Å². The molecule has 0 amide bonds. The second kappa shape index (κ2) is 9.11. The topological polar surface area (TPSA) is 26.3 Å². The van der Waals surface area contributed by atoms with Crippen molar-refractivity contribution in [2.24, 2.45) is 0 Å². The summed E-state index contributed by atoms with van der Waals surface area (Å²) in [7, 11) is -1.75. The predicted molar refractivity (Wildman–Crippen MR) is 131 cm³/mol. The molecule has 0 saturated heterocycles. The van der Waals surface area contributed by atoms with E-state index in [1.54, 1.807) is 0 Å². The summed E-state index contributed by atoms with van der Waals surface area (Å²) in [4.78, 5) is 12.9. The smallest absolute Gasteiger partial charge is 0.192 e. The molecule has 3 heteroatoms. The van der Waals surface area contributed by atoms with Gasteiger partial charge in [0.2, 0.25) is 0 Å². The molecular formula is C27H32O2Si. The van der Waals surface area contributed by atoms with E-state index in [2.05, 4.69) is 58.2 Å². The van der Waals surface area contributed by atoms with Crippen molar-refractivity contribution in [2.75, 3.05) is 6.61 Å². The number of Topliss-reactive ketones (excluding diaryl/α,β-unsaturated/α-hetero) is 1. The van der Waals surface area contributed by atoms with Gasteiger partial charge in [-0.15, -0.1) is 0 Å². The average Bonchev–Trinajstić information content (AvgIpc) is 2.71. The number of rotatable bonds is 7. The molecule has 0 N–H and O–H groups in total. The van der Waals surface area contributed by atoms with Crippen LogP contribution in [0.5, 0.6) is 0 Å². The summed E-state index contributed by atoms with van der Waals surface area (Å²) >= 11 is 0. The Morgan fingerprint density at radius 1 is 0.933 bits per heavy atom. The van der Waals surface area contributed by atoms with Crippen molar-refractivity contribution < 1.29 is 9.22 Å². The average molecular weight is 417 g/mol. The van der Waals surface area contributed by atoms with E-state index >= 15 is 0 Å². The van der Waals surface area contributed by atoms with Crippen LogP contribution in [0.25, 0.3) is 16.8 Å². The number of ketones is 1. The van der Waals surface area contributed by atoms with Crippen LogP contribution in [-0.2, 0) is 10.8 Å². The van der Waals surface area contributed by atoms with Crippen molar-refractivity contribution in [2.45, 2.75) is 45.3 Å². The van der Waals surface area contributed by atoms with E-state index in [4.69, 9.17) is 4.43 Å². The highest BCUT2D eigenvalue weighted by Crippen LogP contribution is 2.36. The van der Waals surface area contributed by atoms with Crippen molar-refractivity contribution in [1.82, 2.24) is 0 Å². The molecule has 0 atom stereocenters. The van der Waals surface area contributed by atoms with Gasteiger partial charge in [0.25, 0.3) is 0 Å². The maximum Gasteiger partial charge on any atom is 0.192 e. The maximum absolute atomic E-state index is 12.9. The molecule has 0 aromatic heterocycles. The summed E-state index contributed by atoms with van der Waals surface area (Å²) in [6, 6.07) is 22.2. The van der Waals surface area contributed by atoms with Gasteiger partial charge >= 0.3 is 0 Å². The minimum atomic E-state index is -1.75. The van der Waals surface area contributed by atoms with E-state index in [0.717, 1.165) is 27.5 Å². The van der Waals surface area contributed by atoms with Crippen LogP contribution in [0.3, 0.4) is 0 Å². The lowest BCUT2D eigenvalue weighted by molar-refractivity contribution is 0.0993. The SMILES string of the molecule is CC(C)(C)[Si](C)(C)OC/C=C/c1ccccc1CC(=O)c1ccc2ccccc2c1. The van der Waals surface area contributed by atoms with Crippen molar-refractivity contribution >= 4 is 30.9 Å². The highest BCUT2D eigenvalue weighted by molar-refractivity contribution is 6.74. The van der Waals surface area contributed by atoms with Crippen molar-refractivity contribution in [1.29, 1.82) is 0 Å². The largest absolute Gasteiger partial charge is 0.413 e. The predicted octanol–water partition coefficient (Wildman–Crippen LogP) is 7.30. The Hall–Kier alpha value is -2.49. The van der Waals surface area contributed by atoms with Gasteiger partial charge in [0, 0.05) is 12.0 Å². The molecular weight excluding hydrogens is 384 g/mol. The summed E-state index contributed by atoms with van der Waals surface area (Å²) in [5.41, 5.74) is 2.87. The van der Waals surface area contributed by atoms with Gasteiger partial charge in [0.15, 0.2) is 14.1 Å². The number of carbonyl (C=O) groups excluding carboxylic acids is 1. The van der Waals surface area contributed by atoms with Crippen molar-refractivity contribution in [3.05, 3.63) is 89.5 Å². The Bertz CT molecular complexity index is 1060. The summed E-state index contributed by atoms with van der Waals surface area (Å²) in [6.45, 7) is 11.9. The Kier molecular flexibility index (Phi) is 6.74. The van der Waals surface area contributed by atoms with E-state index in [0.29, 0.717) is 13.0 Å². The van der Waals surface area contributed by atoms with Gasteiger partial charge in [-0.1, -0.05) is 93.6 Å². The maximum atomic E-state index is 12.9. The molecule has 0 aliphatic rings. The van der Waals surface area contributed by atoms with Crippen LogP contribution >= 0.6 is 0 Å². The van der Waals surface area contributed by atoms with Gasteiger partial charge < -0.3 is 4.43 Å². The first-order valence-electron chi connectivity index (χ1n) is 10.6. The lowest BCUT2D eigenvalue weighted by Gasteiger charge is -2.35. The van der Waals surface area contributed by atoms with Gasteiger partial charge in [0.1, 0.15) is 0 Å². The second-order valence-corrected chi connectivity index (χ2v) is 14.1. The minimum absolute atomic E-state index is 0.138. The zero-order valence-electron chi connectivity index (χ0n) is 18.7. The summed E-state index contributed by atoms with van der Waals surface area (Å²) in [5, 5.41) is 2.45. The van der Waals surface area contributed by atoms with Gasteiger partial charge in [0.05, 0.1) is 6.61 Å². The zero-order valence-corrected chi connectivity index (χ0v) is 19.7. The molecule has 0 radical (unpaired) electrons. The Balaban J connectivity index is 1.71. The van der Waals surface area contributed by atoms with Crippen LogP contribution in [0.4, 0.5) is 0 Å². The molecule has 3 rings (SSSR count). The molecule has 0 aliphatic carbocycles. The number of hydrogen-bond acceptors (Lipinski definition) is 2. The minimum Gasteiger partial charge on any atom is -0.413 e. The lowest BCUT2D eigenvalue weighted by Crippen LogP contribution is -2.40. The van der Waals surface area contributed by atoms with Gasteiger partial charge in [-0.2, -0.15) is 0 Å². The first-order valence-corrected chi connectivity index (χ1v) is 13.5. The molecule has 0 heterocycles. The third kappa shape index (κ3) is 5.35. The summed E-state index contributed by atoms with van der Waals surface area (Å²) < 4.78 is 6.23. The highest BCUT2D eigenvalue weighted by atomic mass is 28.4. The Morgan fingerprint density at radius 2 is 1.60 bits per heavy atom. The third-order valence-electron chi connectivity index (χ3n) is 6.12. The van der Waals surface area contributed by atoms with Gasteiger partial charge in [-0.05, 0) is 46.1 Å². The first-order chi connectivity index (χ1) is 14.2. The fourth-order valence-electron chi connectivity index (χ4n) is 3.14. The van der Waals surface area contributed by atoms with E-state index in [-0.39, 0.29) is 10.8 Å². The molecule has 3 aromatic carbocycles. The van der Waals surface area contributed by atoms with Crippen LogP contribution in [0, 0.1) is 0 Å². The van der Waals surface area contributed by atoms with Crippen LogP contribution in [0.15, 0.2) is 72.8 Å². The number of fused-ring (bicyclic) bond motifs is 1. The summed E-state index contributed by atoms with van der Waals surface area (Å²) in [5.74, 6) is 0.138. The Morgan fingerprint density at radius 3 is 2.33 bits per heavy atom. The van der Waals surface area contributed by atoms with Crippen LogP contribution < -0.4 is 0 Å². The molecule has 30 heavy (non-hydrogen) atoms. The molecule has 156 valence electrons. The van der Waals surface area contributed by atoms with Crippen LogP contribution in [0.2, 0.25) is 18.1 Å². The second-order valence-electron chi connectivity index (χ2n) is 9.33. The molecule has 0 bridgehead atoms. The zero-order chi connectivity index (χ0) is 21.8. The fraction of sp³-hybridized carbons (Fsp3) is 0.296. The lowest BCUT2D eigenvalue weighted by atomic mass is 9.97. The Labute approximate surface area is 181 Å². The van der Waals surface area contributed by atoms with E-state index in [1.807, 2.05) is 54.6 Å². The normalized spacial score (nSPS) is 12.6. The molecule has 0 spiro atoms.